The summed E-state index contributed by atoms with van der Waals surface area (Å²) in [6.07, 6.45) is 0.193. The van der Waals surface area contributed by atoms with Crippen LogP contribution in [-0.4, -0.2) is 30.1 Å². The minimum absolute atomic E-state index is 0.000837. The van der Waals surface area contributed by atoms with Gasteiger partial charge in [0.15, 0.2) is 9.84 Å². The van der Waals surface area contributed by atoms with Gasteiger partial charge in [0.1, 0.15) is 11.4 Å². The summed E-state index contributed by atoms with van der Waals surface area (Å²) in [5.74, 6) is -0.229. The standard InChI is InChI=1S/C10H12O4S/c11-9-3-1-2-8(6-9)10(12)4-5-15(13,14)7-10/h1-3,6,11-12H,4-5,7H2. The quantitative estimate of drug-likeness (QED) is 0.729. The predicted octanol–water partition coefficient (Wildman–Crippen LogP) is 0.398. The van der Waals surface area contributed by atoms with Crippen LogP contribution in [0.25, 0.3) is 0 Å². The van der Waals surface area contributed by atoms with Crippen molar-refractivity contribution in [3.05, 3.63) is 29.8 Å². The van der Waals surface area contributed by atoms with E-state index in [9.17, 15) is 18.6 Å². The summed E-state index contributed by atoms with van der Waals surface area (Å²) in [5, 5.41) is 19.4. The van der Waals surface area contributed by atoms with Crippen LogP contribution in [0.5, 0.6) is 5.75 Å². The maximum Gasteiger partial charge on any atom is 0.153 e. The molecule has 1 fully saturated rings. The summed E-state index contributed by atoms with van der Waals surface area (Å²) in [4.78, 5) is 0. The van der Waals surface area contributed by atoms with Crippen LogP contribution in [0.2, 0.25) is 0 Å². The molecular formula is C10H12O4S. The van der Waals surface area contributed by atoms with Gasteiger partial charge in [-0.15, -0.1) is 0 Å². The van der Waals surface area contributed by atoms with E-state index in [0.717, 1.165) is 0 Å². The molecule has 0 spiro atoms. The van der Waals surface area contributed by atoms with Crippen molar-refractivity contribution in [2.24, 2.45) is 0 Å². The van der Waals surface area contributed by atoms with Gasteiger partial charge in [-0.3, -0.25) is 0 Å². The zero-order valence-corrected chi connectivity index (χ0v) is 8.87. The molecule has 1 atom stereocenters. The zero-order valence-electron chi connectivity index (χ0n) is 8.05. The molecule has 1 unspecified atom stereocenters. The first-order valence-electron chi connectivity index (χ1n) is 4.64. The smallest absolute Gasteiger partial charge is 0.153 e. The highest BCUT2D eigenvalue weighted by atomic mass is 32.2. The van der Waals surface area contributed by atoms with Gasteiger partial charge in [-0.1, -0.05) is 12.1 Å². The summed E-state index contributed by atoms with van der Waals surface area (Å²) >= 11 is 0. The molecule has 1 aliphatic rings. The monoisotopic (exact) mass is 228 g/mol. The minimum Gasteiger partial charge on any atom is -0.508 e. The molecule has 1 aliphatic heterocycles. The molecule has 5 heteroatoms. The molecular weight excluding hydrogens is 216 g/mol. The number of rotatable bonds is 1. The minimum atomic E-state index is -3.15. The SMILES string of the molecule is O=S1(=O)CCC(O)(c2cccc(O)c2)C1. The van der Waals surface area contributed by atoms with Crippen LogP contribution in [0.4, 0.5) is 0 Å². The van der Waals surface area contributed by atoms with Crippen LogP contribution in [0.3, 0.4) is 0 Å². The van der Waals surface area contributed by atoms with Crippen molar-refractivity contribution in [2.45, 2.75) is 12.0 Å². The van der Waals surface area contributed by atoms with Gasteiger partial charge in [-0.05, 0) is 24.1 Å². The number of phenolic OH excluding ortho intramolecular Hbond substituents is 1. The maximum atomic E-state index is 11.3. The number of aliphatic hydroxyl groups is 1. The first kappa shape index (κ1) is 10.4. The van der Waals surface area contributed by atoms with Crippen LogP contribution in [-0.2, 0) is 15.4 Å². The Morgan fingerprint density at radius 3 is 2.60 bits per heavy atom. The average Bonchev–Trinajstić information content (AvgIpc) is 2.42. The Morgan fingerprint density at radius 1 is 1.33 bits per heavy atom. The molecule has 0 radical (unpaired) electrons. The van der Waals surface area contributed by atoms with Gasteiger partial charge in [-0.25, -0.2) is 8.42 Å². The van der Waals surface area contributed by atoms with Gasteiger partial charge in [0.2, 0.25) is 0 Å². The molecule has 0 aromatic heterocycles. The number of hydrogen-bond acceptors (Lipinski definition) is 4. The summed E-state index contributed by atoms with van der Waals surface area (Å²) in [6.45, 7) is 0. The average molecular weight is 228 g/mol. The normalized spacial score (nSPS) is 29.1. The molecule has 0 amide bonds. The van der Waals surface area contributed by atoms with Crippen molar-refractivity contribution in [3.63, 3.8) is 0 Å². The molecule has 1 aromatic rings. The Balaban J connectivity index is 2.40. The molecule has 15 heavy (non-hydrogen) atoms. The topological polar surface area (TPSA) is 74.6 Å². The number of sulfone groups is 1. The van der Waals surface area contributed by atoms with E-state index in [1.165, 1.54) is 12.1 Å². The molecule has 1 aromatic carbocycles. The fourth-order valence-electron chi connectivity index (χ4n) is 1.86. The summed E-state index contributed by atoms with van der Waals surface area (Å²) in [7, 11) is -3.15. The van der Waals surface area contributed by atoms with Crippen molar-refractivity contribution in [3.8, 4) is 5.75 Å². The lowest BCUT2D eigenvalue weighted by atomic mass is 9.93. The number of hydrogen-bond donors (Lipinski definition) is 2. The Bertz CT molecular complexity index is 480. The van der Waals surface area contributed by atoms with Crippen molar-refractivity contribution in [1.82, 2.24) is 0 Å². The van der Waals surface area contributed by atoms with Crippen molar-refractivity contribution in [2.75, 3.05) is 11.5 Å². The highest BCUT2D eigenvalue weighted by Crippen LogP contribution is 2.34. The molecule has 0 aliphatic carbocycles. The lowest BCUT2D eigenvalue weighted by Crippen LogP contribution is -2.26. The van der Waals surface area contributed by atoms with Gasteiger partial charge in [0.05, 0.1) is 11.5 Å². The first-order valence-corrected chi connectivity index (χ1v) is 6.46. The van der Waals surface area contributed by atoms with Crippen molar-refractivity contribution >= 4 is 9.84 Å². The second kappa shape index (κ2) is 3.21. The molecule has 4 nitrogen and oxygen atoms in total. The largest absolute Gasteiger partial charge is 0.508 e. The lowest BCUT2D eigenvalue weighted by molar-refractivity contribution is 0.0650. The first-order chi connectivity index (χ1) is 6.91. The third-order valence-electron chi connectivity index (χ3n) is 2.67. The van der Waals surface area contributed by atoms with Crippen LogP contribution >= 0.6 is 0 Å². The second-order valence-corrected chi connectivity index (χ2v) is 6.11. The van der Waals surface area contributed by atoms with E-state index in [1.807, 2.05) is 0 Å². The molecule has 2 N–H and O–H groups in total. The van der Waals surface area contributed by atoms with E-state index >= 15 is 0 Å². The van der Waals surface area contributed by atoms with Crippen LogP contribution in [0, 0.1) is 0 Å². The van der Waals surface area contributed by atoms with E-state index < -0.39 is 15.4 Å². The lowest BCUT2D eigenvalue weighted by Gasteiger charge is -2.21. The van der Waals surface area contributed by atoms with E-state index in [-0.39, 0.29) is 23.7 Å². The van der Waals surface area contributed by atoms with Gasteiger partial charge < -0.3 is 10.2 Å². The third-order valence-corrected chi connectivity index (χ3v) is 4.41. The molecule has 2 rings (SSSR count). The predicted molar refractivity (Wildman–Crippen MR) is 55.3 cm³/mol. The van der Waals surface area contributed by atoms with E-state index in [1.54, 1.807) is 12.1 Å². The Labute approximate surface area is 88.1 Å². The van der Waals surface area contributed by atoms with Crippen LogP contribution < -0.4 is 0 Å². The summed E-state index contributed by atoms with van der Waals surface area (Å²) < 4.78 is 22.6. The highest BCUT2D eigenvalue weighted by Gasteiger charge is 2.41. The second-order valence-electron chi connectivity index (χ2n) is 3.92. The fourth-order valence-corrected chi connectivity index (χ4v) is 3.69. The number of aromatic hydroxyl groups is 1. The Morgan fingerprint density at radius 2 is 2.07 bits per heavy atom. The van der Waals surface area contributed by atoms with Crippen molar-refractivity contribution < 1.29 is 18.6 Å². The van der Waals surface area contributed by atoms with Gasteiger partial charge in [0, 0.05) is 0 Å². The van der Waals surface area contributed by atoms with Gasteiger partial charge in [-0.2, -0.15) is 0 Å². The maximum absolute atomic E-state index is 11.3. The molecule has 0 saturated carbocycles. The molecule has 0 bridgehead atoms. The Kier molecular flexibility index (Phi) is 2.24. The fraction of sp³-hybridized carbons (Fsp3) is 0.400. The van der Waals surface area contributed by atoms with Crippen LogP contribution in [0.15, 0.2) is 24.3 Å². The van der Waals surface area contributed by atoms with E-state index in [0.29, 0.717) is 5.56 Å². The summed E-state index contributed by atoms with van der Waals surface area (Å²) in [5.41, 5.74) is -0.874. The molecule has 82 valence electrons. The van der Waals surface area contributed by atoms with Gasteiger partial charge >= 0.3 is 0 Å². The van der Waals surface area contributed by atoms with Crippen molar-refractivity contribution in [1.29, 1.82) is 0 Å². The zero-order chi connectivity index (χ0) is 11.1. The third kappa shape index (κ3) is 1.98. The van der Waals surface area contributed by atoms with Crippen LogP contribution in [0.1, 0.15) is 12.0 Å². The summed E-state index contributed by atoms with van der Waals surface area (Å²) in [6, 6.07) is 6.10. The molecule has 1 heterocycles. The van der Waals surface area contributed by atoms with E-state index in [4.69, 9.17) is 0 Å². The van der Waals surface area contributed by atoms with Gasteiger partial charge in [0.25, 0.3) is 0 Å². The highest BCUT2D eigenvalue weighted by molar-refractivity contribution is 7.91. The number of phenols is 1. The Hall–Kier alpha value is -1.07. The van der Waals surface area contributed by atoms with E-state index in [2.05, 4.69) is 0 Å². The number of benzene rings is 1. The molecule has 1 saturated heterocycles.